The van der Waals surface area contributed by atoms with E-state index in [2.05, 4.69) is 10.0 Å². The number of benzene rings is 3. The lowest BCUT2D eigenvalue weighted by Gasteiger charge is -2.19. The molecule has 168 valence electrons. The number of rotatable bonds is 9. The Labute approximate surface area is 192 Å². The Morgan fingerprint density at radius 1 is 1.00 bits per heavy atom. The topological polar surface area (TPSA) is 93.7 Å². The van der Waals surface area contributed by atoms with Crippen LogP contribution in [0.2, 0.25) is 5.02 Å². The van der Waals surface area contributed by atoms with Crippen LogP contribution in [0.15, 0.2) is 72.8 Å². The van der Waals surface area contributed by atoms with Crippen molar-refractivity contribution in [2.45, 2.75) is 12.5 Å². The molecule has 0 bridgehead atoms. The number of methoxy groups -OCH3 is 1. The number of halogens is 1. The van der Waals surface area contributed by atoms with Crippen molar-refractivity contribution < 1.29 is 22.7 Å². The summed E-state index contributed by atoms with van der Waals surface area (Å²) in [5.74, 6) is 1.21. The summed E-state index contributed by atoms with van der Waals surface area (Å²) in [7, 11) is -2.03. The van der Waals surface area contributed by atoms with Gasteiger partial charge in [-0.2, -0.15) is 0 Å². The molecule has 0 radical (unpaired) electrons. The number of carbonyl (C=O) groups excluding carboxylic acids is 1. The maximum absolute atomic E-state index is 12.9. The van der Waals surface area contributed by atoms with E-state index in [1.54, 1.807) is 54.6 Å². The van der Waals surface area contributed by atoms with Gasteiger partial charge >= 0.3 is 0 Å². The van der Waals surface area contributed by atoms with Crippen molar-refractivity contribution >= 4 is 33.2 Å². The zero-order valence-electron chi connectivity index (χ0n) is 17.5. The Morgan fingerprint density at radius 2 is 1.69 bits per heavy atom. The van der Waals surface area contributed by atoms with E-state index in [0.717, 1.165) is 6.26 Å². The van der Waals surface area contributed by atoms with Gasteiger partial charge in [-0.15, -0.1) is 0 Å². The SMILES string of the molecule is COc1ccc([C@H](CC(=O)Nc2cc(Cl)ccc2Oc2ccccc2)NS(C)(=O)=O)cc1. The second-order valence-electron chi connectivity index (χ2n) is 7.02. The maximum Gasteiger partial charge on any atom is 0.226 e. The van der Waals surface area contributed by atoms with Gasteiger partial charge in [0.15, 0.2) is 5.75 Å². The molecule has 0 aromatic heterocycles. The Kier molecular flexibility index (Phi) is 7.74. The minimum Gasteiger partial charge on any atom is -0.497 e. The summed E-state index contributed by atoms with van der Waals surface area (Å²) in [5.41, 5.74) is 0.998. The number of para-hydroxylation sites is 1. The zero-order valence-corrected chi connectivity index (χ0v) is 19.1. The fraction of sp³-hybridized carbons (Fsp3) is 0.174. The molecule has 0 aliphatic carbocycles. The van der Waals surface area contributed by atoms with Gasteiger partial charge in [0, 0.05) is 11.4 Å². The highest BCUT2D eigenvalue weighted by Crippen LogP contribution is 2.32. The van der Waals surface area contributed by atoms with Crippen molar-refractivity contribution in [1.29, 1.82) is 0 Å². The third-order valence-corrected chi connectivity index (χ3v) is 5.40. The third kappa shape index (κ3) is 6.98. The van der Waals surface area contributed by atoms with Gasteiger partial charge in [-0.05, 0) is 48.0 Å². The molecule has 0 saturated carbocycles. The summed E-state index contributed by atoms with van der Waals surface area (Å²) >= 11 is 6.11. The van der Waals surface area contributed by atoms with Crippen molar-refractivity contribution in [2.24, 2.45) is 0 Å². The number of ether oxygens (including phenoxy) is 2. The lowest BCUT2D eigenvalue weighted by atomic mass is 10.0. The molecule has 3 aromatic carbocycles. The van der Waals surface area contributed by atoms with Crippen molar-refractivity contribution in [2.75, 3.05) is 18.7 Å². The average molecular weight is 475 g/mol. The number of hydrogen-bond donors (Lipinski definition) is 2. The molecule has 3 aromatic rings. The first-order chi connectivity index (χ1) is 15.2. The smallest absolute Gasteiger partial charge is 0.226 e. The molecule has 0 fully saturated rings. The van der Waals surface area contributed by atoms with Crippen LogP contribution in [0.1, 0.15) is 18.0 Å². The minimum absolute atomic E-state index is 0.142. The molecule has 0 saturated heterocycles. The molecule has 1 amide bonds. The summed E-state index contributed by atoms with van der Waals surface area (Å²) < 4.78 is 37.3. The third-order valence-electron chi connectivity index (χ3n) is 4.45. The quantitative estimate of drug-likeness (QED) is 0.466. The molecule has 0 aliphatic rings. The predicted molar refractivity (Wildman–Crippen MR) is 125 cm³/mol. The standard InChI is InChI=1S/C23H23ClN2O5S/c1-30-18-11-8-16(9-12-18)20(26-32(2,28)29)15-23(27)25-21-14-17(24)10-13-22(21)31-19-6-4-3-5-7-19/h3-14,20,26H,15H2,1-2H3,(H,25,27)/t20-/m0/s1. The minimum atomic E-state index is -3.57. The lowest BCUT2D eigenvalue weighted by molar-refractivity contribution is -0.116. The van der Waals surface area contributed by atoms with Crippen LogP contribution in [0.4, 0.5) is 5.69 Å². The van der Waals surface area contributed by atoms with E-state index in [4.69, 9.17) is 21.1 Å². The molecule has 7 nitrogen and oxygen atoms in total. The van der Waals surface area contributed by atoms with E-state index in [1.807, 2.05) is 18.2 Å². The Morgan fingerprint density at radius 3 is 2.31 bits per heavy atom. The monoisotopic (exact) mass is 474 g/mol. The summed E-state index contributed by atoms with van der Waals surface area (Å²) in [6.45, 7) is 0. The fourth-order valence-corrected chi connectivity index (χ4v) is 3.92. The highest BCUT2D eigenvalue weighted by atomic mass is 35.5. The van der Waals surface area contributed by atoms with E-state index >= 15 is 0 Å². The van der Waals surface area contributed by atoms with Gasteiger partial charge in [-0.25, -0.2) is 13.1 Å². The van der Waals surface area contributed by atoms with Crippen LogP contribution in [0, 0.1) is 0 Å². The summed E-state index contributed by atoms with van der Waals surface area (Å²) in [4.78, 5) is 12.9. The van der Waals surface area contributed by atoms with E-state index in [1.165, 1.54) is 7.11 Å². The molecule has 3 rings (SSSR count). The first kappa shape index (κ1) is 23.6. The molecular formula is C23H23ClN2O5S. The van der Waals surface area contributed by atoms with Crippen molar-refractivity contribution in [3.05, 3.63) is 83.4 Å². The van der Waals surface area contributed by atoms with Gasteiger partial charge in [-0.3, -0.25) is 4.79 Å². The Balaban J connectivity index is 1.80. The highest BCUT2D eigenvalue weighted by Gasteiger charge is 2.21. The van der Waals surface area contributed by atoms with Crippen LogP contribution < -0.4 is 19.5 Å². The molecule has 9 heteroatoms. The number of carbonyl (C=O) groups is 1. The second kappa shape index (κ2) is 10.5. The largest absolute Gasteiger partial charge is 0.497 e. The summed E-state index contributed by atoms with van der Waals surface area (Å²) in [6, 6.07) is 20.0. The number of anilines is 1. The fourth-order valence-electron chi connectivity index (χ4n) is 3.01. The molecule has 1 atom stereocenters. The first-order valence-corrected chi connectivity index (χ1v) is 11.9. The van der Waals surface area contributed by atoms with E-state index in [-0.39, 0.29) is 6.42 Å². The summed E-state index contributed by atoms with van der Waals surface area (Å²) in [5, 5.41) is 3.19. The average Bonchev–Trinajstić information content (AvgIpc) is 2.75. The van der Waals surface area contributed by atoms with E-state index in [0.29, 0.717) is 33.5 Å². The van der Waals surface area contributed by atoms with Gasteiger partial charge in [0.05, 0.1) is 25.1 Å². The molecule has 0 unspecified atom stereocenters. The molecule has 0 aliphatic heterocycles. The second-order valence-corrected chi connectivity index (χ2v) is 9.24. The van der Waals surface area contributed by atoms with Crippen LogP contribution in [0.25, 0.3) is 0 Å². The first-order valence-electron chi connectivity index (χ1n) is 9.67. The molecule has 0 heterocycles. The van der Waals surface area contributed by atoms with Gasteiger partial charge in [0.2, 0.25) is 15.9 Å². The van der Waals surface area contributed by atoms with E-state index < -0.39 is 22.0 Å². The van der Waals surface area contributed by atoms with E-state index in [9.17, 15) is 13.2 Å². The van der Waals surface area contributed by atoms with Crippen molar-refractivity contribution in [3.63, 3.8) is 0 Å². The number of amides is 1. The molecule has 2 N–H and O–H groups in total. The van der Waals surface area contributed by atoms with Crippen molar-refractivity contribution in [1.82, 2.24) is 4.72 Å². The normalized spacial score (nSPS) is 12.1. The van der Waals surface area contributed by atoms with Gasteiger partial charge in [-0.1, -0.05) is 41.9 Å². The Bertz CT molecular complexity index is 1170. The number of nitrogens with one attached hydrogen (secondary N) is 2. The molecule has 32 heavy (non-hydrogen) atoms. The van der Waals surface area contributed by atoms with Crippen LogP contribution in [-0.2, 0) is 14.8 Å². The molecule has 0 spiro atoms. The van der Waals surface area contributed by atoms with Gasteiger partial charge in [0.1, 0.15) is 11.5 Å². The van der Waals surface area contributed by atoms with Gasteiger partial charge in [0.25, 0.3) is 0 Å². The highest BCUT2D eigenvalue weighted by molar-refractivity contribution is 7.88. The van der Waals surface area contributed by atoms with Crippen molar-refractivity contribution in [3.8, 4) is 17.2 Å². The number of sulfonamides is 1. The van der Waals surface area contributed by atoms with Crippen LogP contribution in [0.3, 0.4) is 0 Å². The number of hydrogen-bond acceptors (Lipinski definition) is 5. The van der Waals surface area contributed by atoms with Crippen LogP contribution >= 0.6 is 11.6 Å². The maximum atomic E-state index is 12.9. The lowest BCUT2D eigenvalue weighted by Crippen LogP contribution is -2.30. The van der Waals surface area contributed by atoms with Gasteiger partial charge < -0.3 is 14.8 Å². The predicted octanol–water partition coefficient (Wildman–Crippen LogP) is 4.76. The molecular weight excluding hydrogens is 452 g/mol. The summed E-state index contributed by atoms with van der Waals surface area (Å²) in [6.07, 6.45) is 0.904. The Hall–Kier alpha value is -3.07. The zero-order chi connectivity index (χ0) is 23.1. The van der Waals surface area contributed by atoms with Crippen LogP contribution in [0.5, 0.6) is 17.2 Å². The van der Waals surface area contributed by atoms with Crippen LogP contribution in [-0.4, -0.2) is 27.7 Å².